The van der Waals surface area contributed by atoms with E-state index in [1.54, 1.807) is 13.0 Å². The van der Waals surface area contributed by atoms with Gasteiger partial charge in [0.15, 0.2) is 0 Å². The molecule has 0 aliphatic rings. The Bertz CT molecular complexity index is 1430. The average molecular weight is 438 g/mol. The normalized spacial score (nSPS) is 12.5. The van der Waals surface area contributed by atoms with Crippen molar-refractivity contribution in [3.05, 3.63) is 72.7 Å². The largest absolute Gasteiger partial charge is 0.481 e. The third-order valence-corrected chi connectivity index (χ3v) is 6.45. The van der Waals surface area contributed by atoms with Gasteiger partial charge in [-0.15, -0.1) is 0 Å². The molecule has 1 atom stereocenters. The number of nitrogens with one attached hydrogen (secondary N) is 1. The van der Waals surface area contributed by atoms with E-state index >= 15 is 0 Å². The van der Waals surface area contributed by atoms with Crippen molar-refractivity contribution in [1.82, 2.24) is 13.9 Å². The van der Waals surface area contributed by atoms with E-state index in [2.05, 4.69) is 35.3 Å². The van der Waals surface area contributed by atoms with Gasteiger partial charge in [0.2, 0.25) is 0 Å². The number of carboxylic acid groups (broad SMARTS) is 1. The molecule has 0 saturated carbocycles. The van der Waals surface area contributed by atoms with Crippen LogP contribution in [0.15, 0.2) is 39.9 Å². The Hall–Kier alpha value is -3.26. The molecule has 8 heteroatoms. The number of aromatic amines is 1. The predicted molar refractivity (Wildman–Crippen MR) is 122 cm³/mol. The van der Waals surface area contributed by atoms with Gasteiger partial charge >= 0.3 is 11.7 Å². The number of rotatable bonds is 6. The Morgan fingerprint density at radius 1 is 1.23 bits per heavy atom. The lowest BCUT2D eigenvalue weighted by Gasteiger charge is -2.15. The molecule has 0 amide bonds. The SMILES string of the molecule is CC[C@@H](CC(=O)O)n1c(=O)[nH]c2cc(Cc3snc4cc(C)cc(C)c34)ccc2c1=O. The lowest BCUT2D eigenvalue weighted by molar-refractivity contribution is -0.138. The molecule has 2 aromatic carbocycles. The van der Waals surface area contributed by atoms with E-state index in [4.69, 9.17) is 5.11 Å². The summed E-state index contributed by atoms with van der Waals surface area (Å²) in [6, 6.07) is 8.92. The molecule has 4 rings (SSSR count). The van der Waals surface area contributed by atoms with Crippen LogP contribution < -0.4 is 11.2 Å². The third kappa shape index (κ3) is 3.90. The zero-order valence-electron chi connectivity index (χ0n) is 17.6. The number of aliphatic carboxylic acids is 1. The van der Waals surface area contributed by atoms with Crippen LogP contribution in [0.25, 0.3) is 21.8 Å². The molecule has 0 spiro atoms. The fourth-order valence-electron chi connectivity index (χ4n) is 4.18. The number of carboxylic acids is 1. The Morgan fingerprint density at radius 3 is 2.71 bits per heavy atom. The predicted octanol–water partition coefficient (Wildman–Crippen LogP) is 3.93. The van der Waals surface area contributed by atoms with Gasteiger partial charge in [-0.1, -0.05) is 19.1 Å². The van der Waals surface area contributed by atoms with Crippen LogP contribution in [0.1, 0.15) is 47.4 Å². The van der Waals surface area contributed by atoms with Gasteiger partial charge in [0.1, 0.15) is 0 Å². The first kappa shape index (κ1) is 21.0. The van der Waals surface area contributed by atoms with Crippen LogP contribution in [0.4, 0.5) is 0 Å². The Labute approximate surface area is 182 Å². The van der Waals surface area contributed by atoms with E-state index in [1.165, 1.54) is 22.7 Å². The van der Waals surface area contributed by atoms with E-state index in [0.29, 0.717) is 23.7 Å². The van der Waals surface area contributed by atoms with Gasteiger partial charge in [0.25, 0.3) is 5.56 Å². The summed E-state index contributed by atoms with van der Waals surface area (Å²) in [6.45, 7) is 5.89. The maximum atomic E-state index is 13.0. The minimum atomic E-state index is -1.05. The maximum Gasteiger partial charge on any atom is 0.329 e. The highest BCUT2D eigenvalue weighted by Crippen LogP contribution is 2.29. The molecule has 31 heavy (non-hydrogen) atoms. The summed E-state index contributed by atoms with van der Waals surface area (Å²) in [5, 5.41) is 10.6. The molecule has 0 aliphatic heterocycles. The van der Waals surface area contributed by atoms with Crippen molar-refractivity contribution >= 4 is 39.3 Å². The van der Waals surface area contributed by atoms with E-state index in [0.717, 1.165) is 25.9 Å². The molecule has 2 aromatic heterocycles. The van der Waals surface area contributed by atoms with Gasteiger partial charge in [0.05, 0.1) is 28.9 Å². The Morgan fingerprint density at radius 2 is 2.00 bits per heavy atom. The molecule has 2 N–H and O–H groups in total. The van der Waals surface area contributed by atoms with Crippen molar-refractivity contribution in [1.29, 1.82) is 0 Å². The maximum absolute atomic E-state index is 13.0. The third-order valence-electron chi connectivity index (χ3n) is 5.60. The number of aryl methyl sites for hydroxylation is 2. The molecular formula is C23H23N3O4S. The fraction of sp³-hybridized carbons (Fsp3) is 0.304. The van der Waals surface area contributed by atoms with Crippen LogP contribution in [0.3, 0.4) is 0 Å². The first-order chi connectivity index (χ1) is 14.8. The highest BCUT2D eigenvalue weighted by atomic mass is 32.1. The minimum absolute atomic E-state index is 0.277. The first-order valence-electron chi connectivity index (χ1n) is 10.1. The van der Waals surface area contributed by atoms with Crippen molar-refractivity contribution in [3.8, 4) is 0 Å². The van der Waals surface area contributed by atoms with Gasteiger partial charge in [-0.25, -0.2) is 4.79 Å². The van der Waals surface area contributed by atoms with Crippen molar-refractivity contribution < 1.29 is 9.90 Å². The van der Waals surface area contributed by atoms with E-state index in [-0.39, 0.29) is 6.42 Å². The number of H-pyrrole nitrogens is 1. The zero-order valence-corrected chi connectivity index (χ0v) is 18.4. The number of carbonyl (C=O) groups is 1. The van der Waals surface area contributed by atoms with Crippen LogP contribution >= 0.6 is 11.5 Å². The van der Waals surface area contributed by atoms with Gasteiger partial charge in [-0.2, -0.15) is 4.37 Å². The zero-order chi connectivity index (χ0) is 22.3. The molecule has 0 fully saturated rings. The number of nitrogens with zero attached hydrogens (tertiary/aromatic N) is 2. The summed E-state index contributed by atoms with van der Waals surface area (Å²) in [4.78, 5) is 40.6. The molecular weight excluding hydrogens is 414 g/mol. The number of fused-ring (bicyclic) bond motifs is 2. The average Bonchev–Trinajstić information content (AvgIpc) is 3.09. The molecule has 4 aromatic rings. The number of benzene rings is 2. The highest BCUT2D eigenvalue weighted by Gasteiger charge is 2.19. The molecule has 2 heterocycles. The van der Waals surface area contributed by atoms with Crippen LogP contribution in [-0.2, 0) is 11.2 Å². The van der Waals surface area contributed by atoms with Crippen LogP contribution in [0.5, 0.6) is 0 Å². The lowest BCUT2D eigenvalue weighted by atomic mass is 10.0. The lowest BCUT2D eigenvalue weighted by Crippen LogP contribution is -2.38. The molecule has 160 valence electrons. The molecule has 0 bridgehead atoms. The Kier molecular flexibility index (Phi) is 5.49. The smallest absolute Gasteiger partial charge is 0.329 e. The summed E-state index contributed by atoms with van der Waals surface area (Å²) in [5.74, 6) is -1.05. The molecule has 0 unspecified atom stereocenters. The molecule has 7 nitrogen and oxygen atoms in total. The fourth-order valence-corrected chi connectivity index (χ4v) is 5.12. The van der Waals surface area contributed by atoms with Gasteiger partial charge in [-0.05, 0) is 66.7 Å². The second kappa shape index (κ2) is 8.11. The number of hydrogen-bond acceptors (Lipinski definition) is 5. The van der Waals surface area contributed by atoms with Crippen LogP contribution in [0.2, 0.25) is 0 Å². The summed E-state index contributed by atoms with van der Waals surface area (Å²) < 4.78 is 5.60. The van der Waals surface area contributed by atoms with Gasteiger partial charge in [0, 0.05) is 16.7 Å². The quantitative estimate of drug-likeness (QED) is 0.475. The van der Waals surface area contributed by atoms with Crippen LogP contribution in [0, 0.1) is 13.8 Å². The minimum Gasteiger partial charge on any atom is -0.481 e. The summed E-state index contributed by atoms with van der Waals surface area (Å²) in [6.07, 6.45) is 0.735. The standard InChI is InChI=1S/C23H23N3O4S/c1-4-15(11-20(27)28)26-22(29)16-6-5-14(9-17(16)24-23(26)30)10-19-21-13(3)7-12(2)8-18(21)25-31-19/h5-9,15H,4,10-11H2,1-3H3,(H,24,30)(H,27,28)/t15-/m0/s1. The summed E-state index contributed by atoms with van der Waals surface area (Å²) >= 11 is 1.46. The highest BCUT2D eigenvalue weighted by molar-refractivity contribution is 7.07. The van der Waals surface area contributed by atoms with Crippen molar-refractivity contribution in [3.63, 3.8) is 0 Å². The monoisotopic (exact) mass is 437 g/mol. The second-order valence-electron chi connectivity index (χ2n) is 7.90. The molecule has 0 radical (unpaired) electrons. The second-order valence-corrected chi connectivity index (χ2v) is 8.76. The van der Waals surface area contributed by atoms with Gasteiger partial charge in [-0.3, -0.25) is 14.2 Å². The van der Waals surface area contributed by atoms with E-state index < -0.39 is 23.3 Å². The summed E-state index contributed by atoms with van der Waals surface area (Å²) in [5.41, 5.74) is 3.71. The topological polar surface area (TPSA) is 105 Å². The van der Waals surface area contributed by atoms with Crippen molar-refractivity contribution in [2.24, 2.45) is 0 Å². The van der Waals surface area contributed by atoms with Gasteiger partial charge < -0.3 is 10.1 Å². The van der Waals surface area contributed by atoms with Crippen molar-refractivity contribution in [2.45, 2.75) is 46.1 Å². The number of hydrogen-bond donors (Lipinski definition) is 2. The molecule has 0 aliphatic carbocycles. The Balaban J connectivity index is 1.76. The van der Waals surface area contributed by atoms with E-state index in [1.807, 2.05) is 12.1 Å². The van der Waals surface area contributed by atoms with Crippen molar-refractivity contribution in [2.75, 3.05) is 0 Å². The number of aromatic nitrogens is 3. The first-order valence-corrected chi connectivity index (χ1v) is 10.9. The summed E-state index contributed by atoms with van der Waals surface area (Å²) in [7, 11) is 0. The molecule has 0 saturated heterocycles. The van der Waals surface area contributed by atoms with Crippen LogP contribution in [-0.4, -0.2) is 25.0 Å². The van der Waals surface area contributed by atoms with E-state index in [9.17, 15) is 14.4 Å².